The molecule has 4 rings (SSSR count). The molecule has 2 aromatic rings. The van der Waals surface area contributed by atoms with Gasteiger partial charge in [0.1, 0.15) is 10.8 Å². The van der Waals surface area contributed by atoms with Crippen LogP contribution in [0.1, 0.15) is 44.6 Å². The second-order valence-electron chi connectivity index (χ2n) is 7.66. The molecule has 1 aliphatic carbocycles. The summed E-state index contributed by atoms with van der Waals surface area (Å²) in [6.07, 6.45) is 11.1. The van der Waals surface area contributed by atoms with Crippen LogP contribution >= 0.6 is 11.8 Å². The van der Waals surface area contributed by atoms with Gasteiger partial charge in [-0.1, -0.05) is 37.2 Å². The summed E-state index contributed by atoms with van der Waals surface area (Å²) in [6.45, 7) is 4.28. The van der Waals surface area contributed by atoms with Crippen molar-refractivity contribution in [3.8, 4) is 0 Å². The van der Waals surface area contributed by atoms with Crippen molar-refractivity contribution < 1.29 is 0 Å². The molecular weight excluding hydrogens is 340 g/mol. The average Bonchev–Trinajstić information content (AvgIpc) is 3.03. The maximum Gasteiger partial charge on any atom is 0.147 e. The molecule has 2 fully saturated rings. The number of benzene rings is 1. The number of nitrogens with zero attached hydrogens (tertiary/aromatic N) is 3. The molecule has 1 saturated carbocycles. The molecule has 1 aliphatic heterocycles. The van der Waals surface area contributed by atoms with Crippen LogP contribution in [0.2, 0.25) is 0 Å². The first-order valence-corrected chi connectivity index (χ1v) is 10.6. The summed E-state index contributed by atoms with van der Waals surface area (Å²) in [4.78, 5) is 12.9. The van der Waals surface area contributed by atoms with Crippen molar-refractivity contribution >= 4 is 17.6 Å². The van der Waals surface area contributed by atoms with Gasteiger partial charge in [0.2, 0.25) is 0 Å². The zero-order chi connectivity index (χ0) is 18.0. The van der Waals surface area contributed by atoms with Gasteiger partial charge < -0.3 is 10.6 Å². The van der Waals surface area contributed by atoms with E-state index in [-0.39, 0.29) is 0 Å². The van der Waals surface area contributed by atoms with Crippen LogP contribution in [0.25, 0.3) is 0 Å². The molecule has 2 aliphatic rings. The summed E-state index contributed by atoms with van der Waals surface area (Å²) in [5.41, 5.74) is 8.14. The summed E-state index contributed by atoms with van der Waals surface area (Å²) in [5.74, 6) is 0.998. The van der Waals surface area contributed by atoms with Gasteiger partial charge >= 0.3 is 0 Å². The monoisotopic (exact) mass is 368 g/mol. The Balaban J connectivity index is 1.39. The third kappa shape index (κ3) is 3.60. The Labute approximate surface area is 160 Å². The first kappa shape index (κ1) is 17.8. The number of aromatic nitrogens is 2. The van der Waals surface area contributed by atoms with Crippen molar-refractivity contribution in [3.05, 3.63) is 42.2 Å². The molecule has 1 saturated heterocycles. The van der Waals surface area contributed by atoms with Crippen molar-refractivity contribution in [2.24, 2.45) is 11.1 Å². The highest BCUT2D eigenvalue weighted by atomic mass is 32.2. The number of aryl methyl sites for hydroxylation is 1. The molecule has 0 radical (unpaired) electrons. The van der Waals surface area contributed by atoms with E-state index in [0.29, 0.717) is 11.5 Å². The molecule has 5 heteroatoms. The smallest absolute Gasteiger partial charge is 0.147 e. The molecule has 2 N–H and O–H groups in total. The third-order valence-corrected chi connectivity index (χ3v) is 7.11. The predicted molar refractivity (Wildman–Crippen MR) is 108 cm³/mol. The van der Waals surface area contributed by atoms with Gasteiger partial charge in [0.15, 0.2) is 0 Å². The van der Waals surface area contributed by atoms with E-state index in [9.17, 15) is 0 Å². The van der Waals surface area contributed by atoms with Gasteiger partial charge in [-0.05, 0) is 55.2 Å². The number of nitrogens with two attached hydrogens (primary N) is 1. The van der Waals surface area contributed by atoms with Crippen LogP contribution in [0.4, 0.5) is 5.82 Å². The van der Waals surface area contributed by atoms with Crippen LogP contribution in [-0.2, 0) is 6.42 Å². The summed E-state index contributed by atoms with van der Waals surface area (Å²) in [5, 5.41) is 0.952. The first-order chi connectivity index (χ1) is 12.7. The van der Waals surface area contributed by atoms with Crippen LogP contribution < -0.4 is 10.6 Å². The Morgan fingerprint density at radius 2 is 2.04 bits per heavy atom. The molecular formula is C21H28N4S. The van der Waals surface area contributed by atoms with Gasteiger partial charge in [-0.25, -0.2) is 9.97 Å². The maximum atomic E-state index is 6.39. The Morgan fingerprint density at radius 1 is 1.19 bits per heavy atom. The molecule has 4 nitrogen and oxygen atoms in total. The fraction of sp³-hybridized carbons (Fsp3) is 0.524. The normalized spacial score (nSPS) is 22.1. The lowest BCUT2D eigenvalue weighted by molar-refractivity contribution is 0.197. The lowest BCUT2D eigenvalue weighted by Gasteiger charge is -2.42. The van der Waals surface area contributed by atoms with Crippen molar-refractivity contribution in [2.75, 3.05) is 18.0 Å². The molecule has 138 valence electrons. The molecule has 2 heterocycles. The number of rotatable bonds is 4. The summed E-state index contributed by atoms with van der Waals surface area (Å²) in [6, 6.07) is 9.04. The highest BCUT2D eigenvalue weighted by molar-refractivity contribution is 7.99. The predicted octanol–water partition coefficient (Wildman–Crippen LogP) is 4.29. The molecule has 0 amide bonds. The lowest BCUT2D eigenvalue weighted by atomic mass is 9.74. The van der Waals surface area contributed by atoms with Gasteiger partial charge in [-0.15, -0.1) is 0 Å². The highest BCUT2D eigenvalue weighted by Crippen LogP contribution is 2.45. The summed E-state index contributed by atoms with van der Waals surface area (Å²) < 4.78 is 0. The molecule has 0 unspecified atom stereocenters. The van der Waals surface area contributed by atoms with Gasteiger partial charge in [-0.3, -0.25) is 0 Å². The van der Waals surface area contributed by atoms with Crippen LogP contribution in [0.3, 0.4) is 0 Å². The number of anilines is 1. The fourth-order valence-corrected chi connectivity index (χ4v) is 5.25. The molecule has 1 atom stereocenters. The summed E-state index contributed by atoms with van der Waals surface area (Å²) in [7, 11) is 0. The molecule has 1 spiro atoms. The molecule has 1 aromatic carbocycles. The van der Waals surface area contributed by atoms with E-state index in [1.54, 1.807) is 11.8 Å². The minimum atomic E-state index is 0.393. The first-order valence-electron chi connectivity index (χ1n) is 9.78. The standard InChI is InChI=1S/C21H28N4S/c1-2-16-5-3-6-17(13-16)26-20-15-23-19(14-24-20)25-11-9-21(10-12-25)8-4-7-18(21)22/h3,5-6,13-15,18H,2,4,7-12,22H2,1H3/t18-/m1/s1. The van der Waals surface area contributed by atoms with E-state index in [0.717, 1.165) is 30.4 Å². The largest absolute Gasteiger partial charge is 0.355 e. The molecule has 26 heavy (non-hydrogen) atoms. The zero-order valence-electron chi connectivity index (χ0n) is 15.5. The Kier molecular flexibility index (Phi) is 5.18. The Hall–Kier alpha value is -1.59. The third-order valence-electron chi connectivity index (χ3n) is 6.20. The SMILES string of the molecule is CCc1cccc(Sc2cnc(N3CCC4(CCC[C@H]4N)CC3)cn2)c1. The second-order valence-corrected chi connectivity index (χ2v) is 8.76. The van der Waals surface area contributed by atoms with Crippen LogP contribution in [0.15, 0.2) is 46.6 Å². The number of hydrogen-bond acceptors (Lipinski definition) is 5. The van der Waals surface area contributed by atoms with Crippen molar-refractivity contribution in [3.63, 3.8) is 0 Å². The molecule has 1 aromatic heterocycles. The Bertz CT molecular complexity index is 738. The topological polar surface area (TPSA) is 55.0 Å². The van der Waals surface area contributed by atoms with Crippen LogP contribution in [-0.4, -0.2) is 29.1 Å². The van der Waals surface area contributed by atoms with Crippen molar-refractivity contribution in [1.82, 2.24) is 9.97 Å². The van der Waals surface area contributed by atoms with Crippen LogP contribution in [0, 0.1) is 5.41 Å². The highest BCUT2D eigenvalue weighted by Gasteiger charge is 2.42. The Morgan fingerprint density at radius 3 is 2.69 bits per heavy atom. The number of piperidine rings is 1. The van der Waals surface area contributed by atoms with E-state index in [1.165, 1.54) is 42.6 Å². The molecule has 0 bridgehead atoms. The van der Waals surface area contributed by atoms with Crippen molar-refractivity contribution in [2.45, 2.75) is 61.4 Å². The second kappa shape index (κ2) is 7.57. The zero-order valence-corrected chi connectivity index (χ0v) is 16.3. The van der Waals surface area contributed by atoms with E-state index in [4.69, 9.17) is 5.73 Å². The number of hydrogen-bond donors (Lipinski definition) is 1. The van der Waals surface area contributed by atoms with E-state index in [1.807, 2.05) is 12.4 Å². The van der Waals surface area contributed by atoms with Crippen LogP contribution in [0.5, 0.6) is 0 Å². The quantitative estimate of drug-likeness (QED) is 0.872. The van der Waals surface area contributed by atoms with E-state index >= 15 is 0 Å². The average molecular weight is 369 g/mol. The fourth-order valence-electron chi connectivity index (χ4n) is 4.44. The van der Waals surface area contributed by atoms with Gasteiger partial charge in [0.25, 0.3) is 0 Å². The lowest BCUT2D eigenvalue weighted by Crippen LogP contribution is -2.47. The summed E-state index contributed by atoms with van der Waals surface area (Å²) >= 11 is 1.68. The van der Waals surface area contributed by atoms with Gasteiger partial charge in [-0.2, -0.15) is 0 Å². The minimum Gasteiger partial charge on any atom is -0.355 e. The maximum absolute atomic E-state index is 6.39. The minimum absolute atomic E-state index is 0.393. The van der Waals surface area contributed by atoms with Gasteiger partial charge in [0.05, 0.1) is 12.4 Å². The van der Waals surface area contributed by atoms with E-state index in [2.05, 4.69) is 46.1 Å². The van der Waals surface area contributed by atoms with Crippen molar-refractivity contribution in [1.29, 1.82) is 0 Å². The van der Waals surface area contributed by atoms with Gasteiger partial charge in [0, 0.05) is 24.0 Å². The van der Waals surface area contributed by atoms with E-state index < -0.39 is 0 Å².